The number of aliphatic imine (C=N–C) groups is 1. The van der Waals surface area contributed by atoms with Crippen LogP contribution in [0.5, 0.6) is 0 Å². The molecule has 124 valence electrons. The Balaban J connectivity index is 0.000000655. The van der Waals surface area contributed by atoms with E-state index in [1.165, 1.54) is 11.1 Å². The summed E-state index contributed by atoms with van der Waals surface area (Å²) in [4.78, 5) is 4.27. The van der Waals surface area contributed by atoms with Crippen molar-refractivity contribution in [2.75, 3.05) is 27.4 Å². The molecule has 0 aliphatic rings. The van der Waals surface area contributed by atoms with Gasteiger partial charge in [-0.2, -0.15) is 0 Å². The maximum Gasteiger partial charge on any atom is 1.00 e. The molecule has 0 bridgehead atoms. The van der Waals surface area contributed by atoms with Crippen molar-refractivity contribution in [1.29, 1.82) is 0 Å². The monoisotopic (exact) mass is 336 g/mol. The number of ether oxygens (including phenoxy) is 2. The molecule has 0 saturated heterocycles. The van der Waals surface area contributed by atoms with Gasteiger partial charge < -0.3 is 19.8 Å². The van der Waals surface area contributed by atoms with E-state index in [0.29, 0.717) is 13.2 Å². The molecule has 2 aromatic rings. The first-order chi connectivity index (χ1) is 11.2. The minimum Gasteiger partial charge on any atom is -0.443 e. The maximum absolute atomic E-state index is 4.66. The van der Waals surface area contributed by atoms with E-state index in [1.807, 2.05) is 48.5 Å². The van der Waals surface area contributed by atoms with E-state index in [4.69, 9.17) is 0 Å². The molecular formula is C19H25N2NaO2. The van der Waals surface area contributed by atoms with Gasteiger partial charge in [0.1, 0.15) is 0 Å². The largest absolute Gasteiger partial charge is 1.00 e. The van der Waals surface area contributed by atoms with Crippen LogP contribution in [0.1, 0.15) is 11.1 Å². The molecule has 0 N–H and O–H groups in total. The zero-order valence-electron chi connectivity index (χ0n) is 15.3. The van der Waals surface area contributed by atoms with Crippen LogP contribution in [-0.4, -0.2) is 33.8 Å². The summed E-state index contributed by atoms with van der Waals surface area (Å²) in [7, 11) is 3.30. The number of rotatable bonds is 6. The van der Waals surface area contributed by atoms with E-state index in [9.17, 15) is 0 Å². The summed E-state index contributed by atoms with van der Waals surface area (Å²) in [5.74, 6) is 0. The average Bonchev–Trinajstić information content (AvgIpc) is 2.57. The van der Waals surface area contributed by atoms with Crippen LogP contribution in [0.3, 0.4) is 0 Å². The summed E-state index contributed by atoms with van der Waals surface area (Å²) in [5.41, 5.74) is 4.32. The molecule has 0 aromatic heterocycles. The Kier molecular flexibility index (Phi) is 13.5. The molecule has 0 unspecified atom stereocenters. The Morgan fingerprint density at radius 3 is 1.75 bits per heavy atom. The van der Waals surface area contributed by atoms with E-state index in [1.54, 1.807) is 20.6 Å². The second kappa shape index (κ2) is 14.2. The third-order valence-electron chi connectivity index (χ3n) is 2.97. The topological polar surface area (TPSA) is 44.9 Å². The number of methoxy groups -OCH3 is 2. The van der Waals surface area contributed by atoms with Gasteiger partial charge in [0.25, 0.3) is 0 Å². The predicted octanol–water partition coefficient (Wildman–Crippen LogP) is 1.95. The zero-order chi connectivity index (χ0) is 16.9. The second-order valence-corrected chi connectivity index (χ2v) is 5.03. The van der Waals surface area contributed by atoms with Gasteiger partial charge in [0, 0.05) is 14.2 Å². The molecule has 0 saturated carbocycles. The van der Waals surface area contributed by atoms with Gasteiger partial charge in [0.05, 0.1) is 13.2 Å². The van der Waals surface area contributed by atoms with Gasteiger partial charge in [-0.15, -0.1) is 0 Å². The first kappa shape index (κ1) is 22.8. The third-order valence-corrected chi connectivity index (χ3v) is 2.97. The fraction of sp³-hybridized carbons (Fsp3) is 0.316. The fourth-order valence-electron chi connectivity index (χ4n) is 1.59. The van der Waals surface area contributed by atoms with Gasteiger partial charge in [-0.05, 0) is 25.2 Å². The van der Waals surface area contributed by atoms with Gasteiger partial charge in [0.15, 0.2) is 0 Å². The Morgan fingerprint density at radius 2 is 1.29 bits per heavy atom. The zero-order valence-corrected chi connectivity index (χ0v) is 17.3. The van der Waals surface area contributed by atoms with Crippen molar-refractivity contribution in [3.63, 3.8) is 0 Å². The molecule has 2 rings (SSSR count). The van der Waals surface area contributed by atoms with Crippen molar-refractivity contribution in [3.05, 3.63) is 65.0 Å². The first-order valence-corrected chi connectivity index (χ1v) is 7.50. The van der Waals surface area contributed by atoms with Gasteiger partial charge >= 0.3 is 29.6 Å². The van der Waals surface area contributed by atoms with Crippen LogP contribution >= 0.6 is 0 Å². The standard InChI is InChI=1S/C15H15N2.C4H10O2.Na/c1-12-3-7-14(8-4-12)16-11-17-15-9-5-13(2)6-10-15;1-5-3-4-6-2;/h3-11H,1-2H3;3-4H2,1-2H3;/q-1;;+1. The Labute approximate surface area is 167 Å². The maximum atomic E-state index is 4.66. The molecule has 0 atom stereocenters. The number of aryl methyl sites for hydroxylation is 2. The van der Waals surface area contributed by atoms with E-state index >= 15 is 0 Å². The molecule has 0 spiro atoms. The molecule has 0 radical (unpaired) electrons. The predicted molar refractivity (Wildman–Crippen MR) is 97.3 cm³/mol. The molecule has 2 aromatic carbocycles. The van der Waals surface area contributed by atoms with Crippen LogP contribution in [-0.2, 0) is 9.47 Å². The van der Waals surface area contributed by atoms with Crippen molar-refractivity contribution in [1.82, 2.24) is 0 Å². The first-order valence-electron chi connectivity index (χ1n) is 7.50. The van der Waals surface area contributed by atoms with Crippen molar-refractivity contribution in [3.8, 4) is 0 Å². The third kappa shape index (κ3) is 10.6. The van der Waals surface area contributed by atoms with Crippen molar-refractivity contribution >= 4 is 17.7 Å². The minimum absolute atomic E-state index is 0. The van der Waals surface area contributed by atoms with Crippen LogP contribution in [0.4, 0.5) is 11.4 Å². The van der Waals surface area contributed by atoms with Gasteiger partial charge in [-0.3, -0.25) is 0 Å². The molecule has 0 aliphatic carbocycles. The van der Waals surface area contributed by atoms with Crippen LogP contribution in [0.2, 0.25) is 0 Å². The Bertz CT molecular complexity index is 565. The van der Waals surface area contributed by atoms with Crippen LogP contribution < -0.4 is 29.6 Å². The molecular weight excluding hydrogens is 311 g/mol. The number of hydrogen-bond donors (Lipinski definition) is 0. The van der Waals surface area contributed by atoms with Crippen LogP contribution in [0.15, 0.2) is 53.5 Å². The summed E-state index contributed by atoms with van der Waals surface area (Å²) >= 11 is 0. The fourth-order valence-corrected chi connectivity index (χ4v) is 1.59. The molecule has 0 fully saturated rings. The summed E-state index contributed by atoms with van der Waals surface area (Å²) in [6.45, 7) is 5.50. The quantitative estimate of drug-likeness (QED) is 0.350. The molecule has 4 nitrogen and oxygen atoms in total. The summed E-state index contributed by atoms with van der Waals surface area (Å²) < 4.78 is 9.31. The molecule has 0 amide bonds. The van der Waals surface area contributed by atoms with Gasteiger partial charge in [-0.1, -0.05) is 66.0 Å². The summed E-state index contributed by atoms with van der Waals surface area (Å²) in [6.07, 6.45) is 1.59. The van der Waals surface area contributed by atoms with Gasteiger partial charge in [0.2, 0.25) is 0 Å². The van der Waals surface area contributed by atoms with E-state index < -0.39 is 0 Å². The molecule has 24 heavy (non-hydrogen) atoms. The number of benzene rings is 2. The van der Waals surface area contributed by atoms with Crippen molar-refractivity contribution in [2.45, 2.75) is 13.8 Å². The van der Waals surface area contributed by atoms with E-state index in [0.717, 1.165) is 11.4 Å². The average molecular weight is 336 g/mol. The van der Waals surface area contributed by atoms with Crippen molar-refractivity contribution in [2.24, 2.45) is 4.99 Å². The molecule has 0 heterocycles. The Hall–Kier alpha value is -1.17. The minimum atomic E-state index is 0. The summed E-state index contributed by atoms with van der Waals surface area (Å²) in [5, 5.41) is 4.27. The second-order valence-electron chi connectivity index (χ2n) is 5.03. The molecule has 5 heteroatoms. The Morgan fingerprint density at radius 1 is 0.833 bits per heavy atom. The van der Waals surface area contributed by atoms with Crippen molar-refractivity contribution < 1.29 is 39.0 Å². The number of hydrogen-bond acceptors (Lipinski definition) is 3. The van der Waals surface area contributed by atoms with Crippen LogP contribution in [0, 0.1) is 13.8 Å². The normalized spacial score (nSPS) is 9.83. The molecule has 0 aliphatic heterocycles. The van der Waals surface area contributed by atoms with E-state index in [-0.39, 0.29) is 29.6 Å². The van der Waals surface area contributed by atoms with E-state index in [2.05, 4.69) is 33.6 Å². The number of nitrogens with zero attached hydrogens (tertiary/aromatic N) is 2. The van der Waals surface area contributed by atoms with Gasteiger partial charge in [-0.25, -0.2) is 0 Å². The van der Waals surface area contributed by atoms with Crippen LogP contribution in [0.25, 0.3) is 5.32 Å². The summed E-state index contributed by atoms with van der Waals surface area (Å²) in [6, 6.07) is 16.1. The smallest absolute Gasteiger partial charge is 0.443 e. The SMILES string of the molecule is COCCOC.Cc1ccc(N=C[N-]c2ccc(C)cc2)cc1.[Na+].